The molecule has 1 aromatic carbocycles. The van der Waals surface area contributed by atoms with E-state index in [9.17, 15) is 19.7 Å². The number of piperidine rings is 1. The van der Waals surface area contributed by atoms with Crippen LogP contribution in [0.1, 0.15) is 23.2 Å². The number of nitro benzene ring substituents is 1. The van der Waals surface area contributed by atoms with E-state index in [1.54, 1.807) is 0 Å². The molecule has 0 bridgehead atoms. The van der Waals surface area contributed by atoms with Crippen LogP contribution in [0.4, 0.5) is 16.2 Å². The van der Waals surface area contributed by atoms with Gasteiger partial charge in [-0.05, 0) is 18.9 Å². The van der Waals surface area contributed by atoms with Gasteiger partial charge in [0.25, 0.3) is 11.6 Å². The van der Waals surface area contributed by atoms with Gasteiger partial charge in [0.05, 0.1) is 17.6 Å². The van der Waals surface area contributed by atoms with Gasteiger partial charge >= 0.3 is 6.09 Å². The second-order valence-electron chi connectivity index (χ2n) is 5.62. The number of carbonyl (C=O) groups excluding carboxylic acids is 1. The molecule has 0 unspecified atom stereocenters. The highest BCUT2D eigenvalue weighted by Gasteiger charge is 2.28. The average Bonchev–Trinajstić information content (AvgIpc) is 2.59. The normalized spacial score (nSPS) is 16.9. The second-order valence-corrected chi connectivity index (χ2v) is 5.62. The quantitative estimate of drug-likeness (QED) is 0.540. The number of methoxy groups -OCH3 is 1. The van der Waals surface area contributed by atoms with Crippen LogP contribution < -0.4 is 15.4 Å². The van der Waals surface area contributed by atoms with Crippen LogP contribution >= 0.6 is 0 Å². The van der Waals surface area contributed by atoms with E-state index in [4.69, 9.17) is 9.84 Å². The molecule has 0 aromatic heterocycles. The van der Waals surface area contributed by atoms with Crippen molar-refractivity contribution in [1.82, 2.24) is 10.2 Å². The van der Waals surface area contributed by atoms with Gasteiger partial charge in [0, 0.05) is 32.2 Å². The molecule has 10 heteroatoms. The van der Waals surface area contributed by atoms with E-state index < -0.39 is 16.9 Å². The lowest BCUT2D eigenvalue weighted by molar-refractivity contribution is -0.384. The predicted molar refractivity (Wildman–Crippen MR) is 89.3 cm³/mol. The molecule has 1 aliphatic heterocycles. The van der Waals surface area contributed by atoms with Gasteiger partial charge in [-0.15, -0.1) is 0 Å². The summed E-state index contributed by atoms with van der Waals surface area (Å²) in [6, 6.07) is 2.28. The van der Waals surface area contributed by atoms with Crippen LogP contribution in [0.3, 0.4) is 0 Å². The lowest BCUT2D eigenvalue weighted by Crippen LogP contribution is -2.49. The number of anilines is 1. The van der Waals surface area contributed by atoms with Crippen molar-refractivity contribution >= 4 is 23.4 Å². The van der Waals surface area contributed by atoms with E-state index >= 15 is 0 Å². The predicted octanol–water partition coefficient (Wildman–Crippen LogP) is 1.52. The van der Waals surface area contributed by atoms with Crippen molar-refractivity contribution < 1.29 is 24.4 Å². The summed E-state index contributed by atoms with van der Waals surface area (Å²) in [5, 5.41) is 25.2. The van der Waals surface area contributed by atoms with Crippen LogP contribution in [-0.4, -0.2) is 60.2 Å². The van der Waals surface area contributed by atoms with Crippen LogP contribution in [-0.2, 0) is 0 Å². The van der Waals surface area contributed by atoms with E-state index in [0.29, 0.717) is 19.4 Å². The third-order valence-corrected chi connectivity index (χ3v) is 4.03. The molecule has 10 nitrogen and oxygen atoms in total. The summed E-state index contributed by atoms with van der Waals surface area (Å²) in [7, 11) is 2.89. The first-order valence-electron chi connectivity index (χ1n) is 7.70. The van der Waals surface area contributed by atoms with Crippen molar-refractivity contribution in [3.8, 4) is 5.75 Å². The SMILES string of the molecule is CNc1c(OC)cc(C(=O)N2CCC[C@@H](NC(=O)O)C2)cc1[N+](=O)[O-]. The molecule has 3 N–H and O–H groups in total. The first-order chi connectivity index (χ1) is 11.9. The number of carboxylic acid groups (broad SMARTS) is 1. The summed E-state index contributed by atoms with van der Waals surface area (Å²) in [5.74, 6) is -0.210. The summed E-state index contributed by atoms with van der Waals surface area (Å²) >= 11 is 0. The van der Waals surface area contributed by atoms with Crippen molar-refractivity contribution in [2.45, 2.75) is 18.9 Å². The average molecular weight is 352 g/mol. The topological polar surface area (TPSA) is 134 Å². The number of rotatable bonds is 5. The van der Waals surface area contributed by atoms with Gasteiger partial charge in [0.1, 0.15) is 5.75 Å². The summed E-state index contributed by atoms with van der Waals surface area (Å²) in [6.45, 7) is 0.676. The van der Waals surface area contributed by atoms with Crippen LogP contribution in [0.15, 0.2) is 12.1 Å². The molecule has 136 valence electrons. The Morgan fingerprint density at radius 1 is 1.44 bits per heavy atom. The highest BCUT2D eigenvalue weighted by molar-refractivity contribution is 5.97. The minimum atomic E-state index is -1.14. The van der Waals surface area contributed by atoms with Gasteiger partial charge in [-0.2, -0.15) is 0 Å². The van der Waals surface area contributed by atoms with E-state index in [-0.39, 0.29) is 35.3 Å². The van der Waals surface area contributed by atoms with Crippen LogP contribution in [0.5, 0.6) is 5.75 Å². The maximum absolute atomic E-state index is 12.7. The largest absolute Gasteiger partial charge is 0.494 e. The number of benzene rings is 1. The maximum Gasteiger partial charge on any atom is 0.404 e. The Hall–Kier alpha value is -3.04. The number of nitrogens with zero attached hydrogens (tertiary/aromatic N) is 2. The first kappa shape index (κ1) is 18.3. The third kappa shape index (κ3) is 4.08. The number of likely N-dealkylation sites (tertiary alicyclic amines) is 1. The molecule has 2 amide bonds. The number of hydrogen-bond donors (Lipinski definition) is 3. The number of ether oxygens (including phenoxy) is 1. The molecular formula is C15H20N4O6. The number of hydrogen-bond acceptors (Lipinski definition) is 6. The zero-order valence-corrected chi connectivity index (χ0v) is 13.9. The molecule has 1 fully saturated rings. The first-order valence-corrected chi connectivity index (χ1v) is 7.70. The fourth-order valence-corrected chi connectivity index (χ4v) is 2.92. The molecule has 2 rings (SSSR count). The Kier molecular flexibility index (Phi) is 5.63. The molecule has 1 atom stereocenters. The number of amides is 2. The monoisotopic (exact) mass is 352 g/mol. The van der Waals surface area contributed by atoms with Gasteiger partial charge in [-0.1, -0.05) is 0 Å². The van der Waals surface area contributed by atoms with Crippen LogP contribution in [0.2, 0.25) is 0 Å². The molecule has 1 aliphatic rings. The molecule has 1 saturated heterocycles. The Morgan fingerprint density at radius 3 is 2.72 bits per heavy atom. The number of nitro groups is 1. The molecule has 1 aromatic rings. The molecule has 25 heavy (non-hydrogen) atoms. The molecule has 0 aliphatic carbocycles. The highest BCUT2D eigenvalue weighted by atomic mass is 16.6. The molecule has 1 heterocycles. The van der Waals surface area contributed by atoms with Crippen molar-refractivity contribution in [3.05, 3.63) is 27.8 Å². The Morgan fingerprint density at radius 2 is 2.16 bits per heavy atom. The van der Waals surface area contributed by atoms with Gasteiger partial charge in [0.2, 0.25) is 0 Å². The minimum Gasteiger partial charge on any atom is -0.494 e. The fourth-order valence-electron chi connectivity index (χ4n) is 2.92. The fraction of sp³-hybridized carbons (Fsp3) is 0.467. The lowest BCUT2D eigenvalue weighted by atomic mass is 10.0. The van der Waals surface area contributed by atoms with Crippen molar-refractivity contribution in [1.29, 1.82) is 0 Å². The van der Waals surface area contributed by atoms with Crippen LogP contribution in [0, 0.1) is 10.1 Å². The Labute approximate surface area is 143 Å². The summed E-state index contributed by atoms with van der Waals surface area (Å²) < 4.78 is 5.15. The molecule has 0 saturated carbocycles. The third-order valence-electron chi connectivity index (χ3n) is 4.03. The Balaban J connectivity index is 2.30. The number of nitrogens with one attached hydrogen (secondary N) is 2. The van der Waals surface area contributed by atoms with Gasteiger partial charge < -0.3 is 25.4 Å². The second kappa shape index (κ2) is 7.69. The Bertz CT molecular complexity index is 693. The number of carbonyl (C=O) groups is 2. The summed E-state index contributed by atoms with van der Waals surface area (Å²) in [4.78, 5) is 35.7. The van der Waals surface area contributed by atoms with Crippen LogP contribution in [0.25, 0.3) is 0 Å². The highest BCUT2D eigenvalue weighted by Crippen LogP contribution is 2.36. The van der Waals surface area contributed by atoms with E-state index in [1.807, 2.05) is 0 Å². The van der Waals surface area contributed by atoms with Crippen molar-refractivity contribution in [2.24, 2.45) is 0 Å². The molecule has 0 radical (unpaired) electrons. The molecule has 0 spiro atoms. The standard InChI is InChI=1S/C15H20N4O6/c1-16-13-11(19(23)24)6-9(7-12(13)25-2)14(20)18-5-3-4-10(8-18)17-15(21)22/h6-7,10,16-17H,3-5,8H2,1-2H3,(H,21,22)/t10-/m1/s1. The van der Waals surface area contributed by atoms with Gasteiger partial charge in [0.15, 0.2) is 5.69 Å². The maximum atomic E-state index is 12.7. The van der Waals surface area contributed by atoms with E-state index in [0.717, 1.165) is 0 Å². The summed E-state index contributed by atoms with van der Waals surface area (Å²) in [5.41, 5.74) is 0.0501. The lowest BCUT2D eigenvalue weighted by Gasteiger charge is -2.32. The van der Waals surface area contributed by atoms with Gasteiger partial charge in [-0.25, -0.2) is 4.79 Å². The smallest absolute Gasteiger partial charge is 0.404 e. The summed E-state index contributed by atoms with van der Waals surface area (Å²) in [6.07, 6.45) is 0.137. The van der Waals surface area contributed by atoms with Crippen molar-refractivity contribution in [2.75, 3.05) is 32.6 Å². The van der Waals surface area contributed by atoms with Gasteiger partial charge in [-0.3, -0.25) is 14.9 Å². The van der Waals surface area contributed by atoms with Crippen molar-refractivity contribution in [3.63, 3.8) is 0 Å². The minimum absolute atomic E-state index is 0.124. The molecular weight excluding hydrogens is 332 g/mol. The zero-order chi connectivity index (χ0) is 18.6. The van der Waals surface area contributed by atoms with E-state index in [1.165, 1.54) is 31.2 Å². The zero-order valence-electron chi connectivity index (χ0n) is 13.9. The van der Waals surface area contributed by atoms with E-state index in [2.05, 4.69) is 10.6 Å².